The quantitative estimate of drug-likeness (QED) is 0.377. The lowest BCUT2D eigenvalue weighted by Gasteiger charge is -2.58. The van der Waals surface area contributed by atoms with Gasteiger partial charge in [0.2, 0.25) is 0 Å². The molecular formula is C33H35NO5. The highest BCUT2D eigenvalue weighted by atomic mass is 16.6. The molecule has 3 aromatic carbocycles. The van der Waals surface area contributed by atoms with Gasteiger partial charge in [0.15, 0.2) is 17.6 Å². The molecule has 1 heterocycles. The molecule has 3 aromatic rings. The van der Waals surface area contributed by atoms with Crippen molar-refractivity contribution in [2.45, 2.75) is 43.4 Å². The van der Waals surface area contributed by atoms with Crippen molar-refractivity contribution in [2.24, 2.45) is 5.92 Å². The number of likely N-dealkylation sites (N-methyl/N-ethyl adjacent to an activating group) is 1. The topological polar surface area (TPSA) is 57.2 Å². The molecule has 39 heavy (non-hydrogen) atoms. The Morgan fingerprint density at radius 2 is 1.72 bits per heavy atom. The molecule has 3 aliphatic rings. The van der Waals surface area contributed by atoms with E-state index in [1.165, 1.54) is 11.1 Å². The van der Waals surface area contributed by atoms with Crippen molar-refractivity contribution in [3.63, 3.8) is 0 Å². The van der Waals surface area contributed by atoms with Gasteiger partial charge in [0.05, 0.1) is 19.8 Å². The molecule has 6 rings (SSSR count). The Morgan fingerprint density at radius 1 is 0.974 bits per heavy atom. The molecule has 202 valence electrons. The minimum absolute atomic E-state index is 0.191. The predicted molar refractivity (Wildman–Crippen MR) is 149 cm³/mol. The summed E-state index contributed by atoms with van der Waals surface area (Å²) >= 11 is 0. The lowest BCUT2D eigenvalue weighted by molar-refractivity contribution is -0.0218. The number of benzene rings is 3. The second kappa shape index (κ2) is 10.4. The first-order valence-electron chi connectivity index (χ1n) is 13.6. The van der Waals surface area contributed by atoms with Gasteiger partial charge < -0.3 is 23.8 Å². The maximum atomic E-state index is 13.2. The summed E-state index contributed by atoms with van der Waals surface area (Å²) in [5.74, 6) is 2.10. The minimum atomic E-state index is -0.498. The highest BCUT2D eigenvalue weighted by molar-refractivity contribution is 5.89. The Kier molecular flexibility index (Phi) is 6.81. The average molecular weight is 526 g/mol. The first-order chi connectivity index (χ1) is 19.0. The number of likely N-dealkylation sites (tertiary alicyclic amines) is 1. The van der Waals surface area contributed by atoms with E-state index in [1.807, 2.05) is 42.5 Å². The predicted octanol–water partition coefficient (Wildman–Crippen LogP) is 5.55. The Labute approximate surface area is 230 Å². The maximum Gasteiger partial charge on any atom is 0.338 e. The van der Waals surface area contributed by atoms with Gasteiger partial charge >= 0.3 is 5.97 Å². The molecule has 0 saturated carbocycles. The number of esters is 1. The van der Waals surface area contributed by atoms with Crippen LogP contribution in [0.25, 0.3) is 0 Å². The largest absolute Gasteiger partial charge is 0.497 e. The highest BCUT2D eigenvalue weighted by Gasteiger charge is 2.57. The number of carbonyl (C=O) groups excluding carboxylic acids is 1. The Bertz CT molecular complexity index is 1370. The van der Waals surface area contributed by atoms with Crippen molar-refractivity contribution in [2.75, 3.05) is 27.8 Å². The first-order valence-corrected chi connectivity index (χ1v) is 13.6. The zero-order valence-electron chi connectivity index (χ0n) is 22.8. The summed E-state index contributed by atoms with van der Waals surface area (Å²) in [5, 5.41) is 0. The fraction of sp³-hybridized carbons (Fsp3) is 0.364. The summed E-state index contributed by atoms with van der Waals surface area (Å²) in [6.45, 7) is 1.40. The molecule has 1 saturated heterocycles. The van der Waals surface area contributed by atoms with Gasteiger partial charge in [0.25, 0.3) is 0 Å². The van der Waals surface area contributed by atoms with Gasteiger partial charge in [-0.25, -0.2) is 4.79 Å². The van der Waals surface area contributed by atoms with Crippen LogP contribution in [0.1, 0.15) is 39.9 Å². The van der Waals surface area contributed by atoms with Crippen molar-refractivity contribution >= 4 is 5.97 Å². The fourth-order valence-corrected chi connectivity index (χ4v) is 6.90. The van der Waals surface area contributed by atoms with Crippen LogP contribution in [0.4, 0.5) is 0 Å². The number of hydrogen-bond acceptors (Lipinski definition) is 6. The summed E-state index contributed by atoms with van der Waals surface area (Å²) in [6.07, 6.45) is 4.17. The van der Waals surface area contributed by atoms with Gasteiger partial charge in [-0.1, -0.05) is 54.6 Å². The number of fused-ring (bicyclic) bond motifs is 1. The number of piperidine rings is 1. The van der Waals surface area contributed by atoms with Crippen molar-refractivity contribution in [3.8, 4) is 11.5 Å². The molecule has 6 heteroatoms. The number of hydrogen-bond donors (Lipinski definition) is 0. The second-order valence-electron chi connectivity index (χ2n) is 10.8. The monoisotopic (exact) mass is 525 g/mol. The normalized spacial score (nSPS) is 25.5. The number of rotatable bonds is 7. The van der Waals surface area contributed by atoms with Gasteiger partial charge in [0, 0.05) is 29.4 Å². The molecule has 6 nitrogen and oxygen atoms in total. The number of methoxy groups -OCH3 is 2. The van der Waals surface area contributed by atoms with Crippen molar-refractivity contribution < 1.29 is 23.7 Å². The fourth-order valence-electron chi connectivity index (χ4n) is 6.90. The van der Waals surface area contributed by atoms with Crippen LogP contribution in [-0.2, 0) is 27.9 Å². The third kappa shape index (κ3) is 4.47. The molecule has 1 aliphatic heterocycles. The maximum absolute atomic E-state index is 13.2. The van der Waals surface area contributed by atoms with Gasteiger partial charge in [-0.3, -0.25) is 0 Å². The molecule has 4 atom stereocenters. The van der Waals surface area contributed by atoms with Gasteiger partial charge in [-0.2, -0.15) is 0 Å². The SMILES string of the molecule is COC1=C[C@H]2[C@H]3Cc4ccc(OC)c(OCc5ccccc5)c4[C@@]2(CCN3C)CC1OC(=O)c1ccccc1. The van der Waals surface area contributed by atoms with Crippen LogP contribution < -0.4 is 9.47 Å². The van der Waals surface area contributed by atoms with E-state index in [-0.39, 0.29) is 17.3 Å². The summed E-state index contributed by atoms with van der Waals surface area (Å²) in [5.41, 5.74) is 3.82. The molecule has 0 spiro atoms. The van der Waals surface area contributed by atoms with E-state index in [0.717, 1.165) is 42.2 Å². The molecule has 2 aliphatic carbocycles. The van der Waals surface area contributed by atoms with Crippen LogP contribution in [0.3, 0.4) is 0 Å². The van der Waals surface area contributed by atoms with E-state index in [2.05, 4.69) is 36.2 Å². The third-order valence-corrected chi connectivity index (χ3v) is 8.82. The highest BCUT2D eigenvalue weighted by Crippen LogP contribution is 2.59. The van der Waals surface area contributed by atoms with Gasteiger partial charge in [0.1, 0.15) is 12.4 Å². The van der Waals surface area contributed by atoms with E-state index in [9.17, 15) is 4.79 Å². The van der Waals surface area contributed by atoms with Crippen LogP contribution in [0, 0.1) is 5.92 Å². The molecule has 0 N–H and O–H groups in total. The number of carbonyl (C=O) groups is 1. The summed E-state index contributed by atoms with van der Waals surface area (Å²) in [6, 6.07) is 23.9. The minimum Gasteiger partial charge on any atom is -0.497 e. The number of ether oxygens (including phenoxy) is 4. The van der Waals surface area contributed by atoms with E-state index in [4.69, 9.17) is 18.9 Å². The van der Waals surface area contributed by atoms with E-state index in [1.54, 1.807) is 26.4 Å². The molecule has 0 amide bonds. The Balaban J connectivity index is 1.44. The molecule has 2 bridgehead atoms. The van der Waals surface area contributed by atoms with E-state index in [0.29, 0.717) is 24.6 Å². The van der Waals surface area contributed by atoms with Crippen molar-refractivity contribution in [1.29, 1.82) is 0 Å². The van der Waals surface area contributed by atoms with Crippen molar-refractivity contribution in [1.82, 2.24) is 4.90 Å². The van der Waals surface area contributed by atoms with Crippen molar-refractivity contribution in [3.05, 3.63) is 107 Å². The molecule has 1 fully saturated rings. The average Bonchev–Trinajstić information content (AvgIpc) is 2.98. The summed E-state index contributed by atoms with van der Waals surface area (Å²) < 4.78 is 24.5. The Hall–Kier alpha value is -3.77. The lowest BCUT2D eigenvalue weighted by Crippen LogP contribution is -2.61. The van der Waals surface area contributed by atoms with Crippen LogP contribution in [0.5, 0.6) is 11.5 Å². The zero-order valence-corrected chi connectivity index (χ0v) is 22.8. The zero-order chi connectivity index (χ0) is 27.0. The van der Waals surface area contributed by atoms with Crippen LogP contribution in [0.15, 0.2) is 84.6 Å². The smallest absolute Gasteiger partial charge is 0.338 e. The molecule has 1 unspecified atom stereocenters. The number of nitrogens with zero attached hydrogens (tertiary/aromatic N) is 1. The Morgan fingerprint density at radius 3 is 2.44 bits per heavy atom. The van der Waals surface area contributed by atoms with Crippen LogP contribution >= 0.6 is 0 Å². The van der Waals surface area contributed by atoms with E-state index < -0.39 is 6.10 Å². The standard InChI is InChI=1S/C33H35NO5/c1-34-17-16-33-20-29(39-32(35)23-12-8-5-9-13-23)28(37-3)19-25(33)26(34)18-24-14-15-27(36-2)31(30(24)33)38-21-22-10-6-4-7-11-22/h4-15,19,25-26,29H,16-18,20-21H2,1-3H3/t25-,26+,29?,33-/m0/s1. The third-order valence-electron chi connectivity index (χ3n) is 8.82. The molecule has 0 radical (unpaired) electrons. The van der Waals surface area contributed by atoms with Crippen LogP contribution in [-0.4, -0.2) is 50.8 Å². The van der Waals surface area contributed by atoms with Gasteiger partial charge in [-0.05, 0) is 61.8 Å². The van der Waals surface area contributed by atoms with Crippen LogP contribution in [0.2, 0.25) is 0 Å². The molecular weight excluding hydrogens is 490 g/mol. The molecule has 0 aromatic heterocycles. The first kappa shape index (κ1) is 25.5. The second-order valence-corrected chi connectivity index (χ2v) is 10.8. The lowest BCUT2D eigenvalue weighted by atomic mass is 9.53. The summed E-state index contributed by atoms with van der Waals surface area (Å²) in [4.78, 5) is 15.6. The van der Waals surface area contributed by atoms with E-state index >= 15 is 0 Å². The summed E-state index contributed by atoms with van der Waals surface area (Å²) in [7, 11) is 5.57. The van der Waals surface area contributed by atoms with Gasteiger partial charge in [-0.15, -0.1) is 0 Å².